The number of carbonyl (C=O) groups excluding carboxylic acids is 3. The van der Waals surface area contributed by atoms with Gasteiger partial charge in [0.15, 0.2) is 0 Å². The molecule has 0 atom stereocenters. The van der Waals surface area contributed by atoms with E-state index in [1.807, 2.05) is 9.47 Å². The molecule has 0 unspecified atom stereocenters. The van der Waals surface area contributed by atoms with Crippen molar-refractivity contribution in [2.45, 2.75) is 38.8 Å². The summed E-state index contributed by atoms with van der Waals surface area (Å²) >= 11 is 0. The molecule has 1 amide bonds. The van der Waals surface area contributed by atoms with E-state index < -0.39 is 6.09 Å². The number of allylic oxidation sites excluding steroid dienone is 2. The number of hydrogen-bond acceptors (Lipinski definition) is 5. The van der Waals surface area contributed by atoms with Crippen LogP contribution in [0.3, 0.4) is 0 Å². The van der Waals surface area contributed by atoms with E-state index in [9.17, 15) is 14.4 Å². The maximum Gasteiger partial charge on any atom is 0.404 e. The van der Waals surface area contributed by atoms with Gasteiger partial charge < -0.3 is 19.9 Å². The summed E-state index contributed by atoms with van der Waals surface area (Å²) in [5.74, 6) is -0.281. The van der Waals surface area contributed by atoms with Gasteiger partial charge in [0.2, 0.25) is 11.6 Å². The Morgan fingerprint density at radius 1 is 1.17 bits per heavy atom. The third-order valence-electron chi connectivity index (χ3n) is 5.04. The number of ether oxygens (including phenoxy) is 1. The summed E-state index contributed by atoms with van der Waals surface area (Å²) in [6.45, 7) is 2.23. The van der Waals surface area contributed by atoms with Crippen LogP contribution in [-0.4, -0.2) is 40.2 Å². The van der Waals surface area contributed by atoms with Gasteiger partial charge in [-0.3, -0.25) is 9.59 Å². The van der Waals surface area contributed by atoms with Crippen molar-refractivity contribution in [1.29, 1.82) is 0 Å². The Hall–Kier alpha value is -2.57. The van der Waals surface area contributed by atoms with E-state index in [2.05, 4.69) is 0 Å². The number of primary amides is 1. The quantitative estimate of drug-likeness (QED) is 0.904. The van der Waals surface area contributed by atoms with Gasteiger partial charge in [-0.25, -0.2) is 4.79 Å². The van der Waals surface area contributed by atoms with E-state index in [0.29, 0.717) is 29.1 Å². The van der Waals surface area contributed by atoms with Gasteiger partial charge in [-0.15, -0.1) is 0 Å². The van der Waals surface area contributed by atoms with Crippen LogP contribution in [0.15, 0.2) is 11.8 Å². The minimum absolute atomic E-state index is 0.0632. The van der Waals surface area contributed by atoms with Gasteiger partial charge in [0, 0.05) is 37.0 Å². The molecule has 1 aromatic rings. The molecule has 3 heterocycles. The SMILES string of the molecule is NC(=O)OCc1c2c(n3c1CCC3)C(=O)C=C(N1CCCC1)C2=O. The summed E-state index contributed by atoms with van der Waals surface area (Å²) in [7, 11) is 0. The molecule has 0 radical (unpaired) electrons. The third-order valence-corrected chi connectivity index (χ3v) is 5.04. The van der Waals surface area contributed by atoms with Crippen LogP contribution >= 0.6 is 0 Å². The number of Topliss-reactive ketones (excluding diaryl/α,β-unsaturated/α-hetero) is 1. The minimum atomic E-state index is -0.883. The summed E-state index contributed by atoms with van der Waals surface area (Å²) in [4.78, 5) is 38.8. The monoisotopic (exact) mass is 329 g/mol. The zero-order chi connectivity index (χ0) is 16.8. The first-order valence-corrected chi connectivity index (χ1v) is 8.30. The maximum atomic E-state index is 13.1. The number of aromatic nitrogens is 1. The molecule has 1 fully saturated rings. The lowest BCUT2D eigenvalue weighted by molar-refractivity contribution is 0.0949. The van der Waals surface area contributed by atoms with E-state index in [4.69, 9.17) is 10.5 Å². The minimum Gasteiger partial charge on any atom is -0.445 e. The normalized spacial score (nSPS) is 19.3. The number of amides is 1. The highest BCUT2D eigenvalue weighted by Gasteiger charge is 2.38. The van der Waals surface area contributed by atoms with Crippen LogP contribution in [0, 0.1) is 0 Å². The Balaban J connectivity index is 1.80. The number of hydrogen-bond donors (Lipinski definition) is 1. The first-order valence-electron chi connectivity index (χ1n) is 8.30. The highest BCUT2D eigenvalue weighted by atomic mass is 16.5. The lowest BCUT2D eigenvalue weighted by atomic mass is 9.93. The topological polar surface area (TPSA) is 94.6 Å². The van der Waals surface area contributed by atoms with Crippen molar-refractivity contribution in [2.24, 2.45) is 5.73 Å². The Morgan fingerprint density at radius 2 is 1.92 bits per heavy atom. The molecule has 4 rings (SSSR count). The second-order valence-corrected chi connectivity index (χ2v) is 6.43. The molecule has 2 N–H and O–H groups in total. The number of likely N-dealkylation sites (tertiary alicyclic amines) is 1. The zero-order valence-corrected chi connectivity index (χ0v) is 13.3. The average molecular weight is 329 g/mol. The highest BCUT2D eigenvalue weighted by molar-refractivity contribution is 6.24. The maximum absolute atomic E-state index is 13.1. The van der Waals surface area contributed by atoms with Crippen molar-refractivity contribution in [3.05, 3.63) is 34.3 Å². The molecule has 7 heteroatoms. The van der Waals surface area contributed by atoms with E-state index in [-0.39, 0.29) is 18.2 Å². The lowest BCUT2D eigenvalue weighted by Gasteiger charge is -2.23. The van der Waals surface area contributed by atoms with Gasteiger partial charge in [-0.2, -0.15) is 0 Å². The molecule has 24 heavy (non-hydrogen) atoms. The second kappa shape index (κ2) is 5.51. The Bertz CT molecular complexity index is 784. The predicted molar refractivity (Wildman–Crippen MR) is 84.7 cm³/mol. The molecule has 0 aromatic carbocycles. The average Bonchev–Trinajstić information content (AvgIpc) is 3.24. The molecular weight excluding hydrogens is 310 g/mol. The molecular formula is C17H19N3O4. The van der Waals surface area contributed by atoms with E-state index in [1.54, 1.807) is 0 Å². The van der Waals surface area contributed by atoms with Crippen molar-refractivity contribution in [2.75, 3.05) is 13.1 Å². The summed E-state index contributed by atoms with van der Waals surface area (Å²) < 4.78 is 6.86. The fraction of sp³-hybridized carbons (Fsp3) is 0.471. The van der Waals surface area contributed by atoms with Gasteiger partial charge in [0.25, 0.3) is 0 Å². The van der Waals surface area contributed by atoms with Crippen LogP contribution in [0.5, 0.6) is 0 Å². The molecule has 7 nitrogen and oxygen atoms in total. The fourth-order valence-electron chi connectivity index (χ4n) is 4.04. The van der Waals surface area contributed by atoms with Gasteiger partial charge in [-0.05, 0) is 25.7 Å². The smallest absolute Gasteiger partial charge is 0.404 e. The third kappa shape index (κ3) is 2.15. The molecule has 0 saturated carbocycles. The molecule has 3 aliphatic rings. The number of nitrogens with zero attached hydrogens (tertiary/aromatic N) is 2. The number of rotatable bonds is 3. The number of fused-ring (bicyclic) bond motifs is 3. The van der Waals surface area contributed by atoms with Crippen molar-refractivity contribution in [3.8, 4) is 0 Å². The first kappa shape index (κ1) is 15.0. The Morgan fingerprint density at radius 3 is 2.62 bits per heavy atom. The largest absolute Gasteiger partial charge is 0.445 e. The highest BCUT2D eigenvalue weighted by Crippen LogP contribution is 2.35. The summed E-state index contributed by atoms with van der Waals surface area (Å²) in [6, 6.07) is 0. The van der Waals surface area contributed by atoms with Crippen molar-refractivity contribution in [1.82, 2.24) is 9.47 Å². The van der Waals surface area contributed by atoms with Gasteiger partial charge >= 0.3 is 6.09 Å². The van der Waals surface area contributed by atoms with Gasteiger partial charge in [-0.1, -0.05) is 0 Å². The zero-order valence-electron chi connectivity index (χ0n) is 13.3. The van der Waals surface area contributed by atoms with Crippen molar-refractivity contribution < 1.29 is 19.1 Å². The summed E-state index contributed by atoms with van der Waals surface area (Å²) in [5.41, 5.74) is 7.95. The summed E-state index contributed by atoms with van der Waals surface area (Å²) in [6.07, 6.45) is 4.32. The van der Waals surface area contributed by atoms with E-state index >= 15 is 0 Å². The van der Waals surface area contributed by atoms with Crippen LogP contribution < -0.4 is 5.73 Å². The molecule has 2 aliphatic heterocycles. The van der Waals surface area contributed by atoms with E-state index in [1.165, 1.54) is 6.08 Å². The van der Waals surface area contributed by atoms with Gasteiger partial charge in [0.1, 0.15) is 12.3 Å². The van der Waals surface area contributed by atoms with Gasteiger partial charge in [0.05, 0.1) is 11.3 Å². The molecule has 1 aromatic heterocycles. The van der Waals surface area contributed by atoms with Crippen LogP contribution in [0.25, 0.3) is 0 Å². The summed E-state index contributed by atoms with van der Waals surface area (Å²) in [5, 5.41) is 0. The molecule has 1 aliphatic carbocycles. The van der Waals surface area contributed by atoms with Crippen molar-refractivity contribution in [3.63, 3.8) is 0 Å². The Labute approximate surface area is 139 Å². The number of carbonyl (C=O) groups is 3. The Kier molecular flexibility index (Phi) is 3.44. The van der Waals surface area contributed by atoms with Crippen molar-refractivity contribution >= 4 is 17.7 Å². The molecule has 126 valence electrons. The van der Waals surface area contributed by atoms with Crippen LogP contribution in [0.1, 0.15) is 51.4 Å². The molecule has 0 bridgehead atoms. The lowest BCUT2D eigenvalue weighted by Crippen LogP contribution is -2.30. The molecule has 0 spiro atoms. The van der Waals surface area contributed by atoms with E-state index in [0.717, 1.165) is 44.5 Å². The number of ketones is 2. The predicted octanol–water partition coefficient (Wildman–Crippen LogP) is 1.39. The second-order valence-electron chi connectivity index (χ2n) is 6.43. The number of nitrogens with two attached hydrogens (primary N) is 1. The van der Waals surface area contributed by atoms with Crippen LogP contribution in [0.4, 0.5) is 4.79 Å². The molecule has 1 saturated heterocycles. The van der Waals surface area contributed by atoms with Crippen LogP contribution in [-0.2, 0) is 24.3 Å². The van der Waals surface area contributed by atoms with Crippen LogP contribution in [0.2, 0.25) is 0 Å². The fourth-order valence-corrected chi connectivity index (χ4v) is 4.04. The standard InChI is InChI=1S/C17H19N3O4/c18-17(23)24-9-10-11-4-3-7-20(11)15-13(21)8-12(16(22)14(10)15)19-5-1-2-6-19/h8H,1-7,9H2,(H2,18,23). The first-order chi connectivity index (χ1) is 11.6.